The van der Waals surface area contributed by atoms with Gasteiger partial charge in [-0.05, 0) is 206 Å². The first kappa shape index (κ1) is 71.7. The molecule has 88 heavy (non-hydrogen) atoms. The summed E-state index contributed by atoms with van der Waals surface area (Å²) < 4.78 is 14.7. The van der Waals surface area contributed by atoms with Crippen LogP contribution >= 0.6 is 50.7 Å². The average molecular weight is 1330 g/mol. The highest BCUT2D eigenvalue weighted by Gasteiger charge is 2.35. The maximum Gasteiger partial charge on any atom is 0.320 e. The molecular formula is C69H91BrCl3N9O6. The van der Waals surface area contributed by atoms with Crippen LogP contribution in [0.1, 0.15) is 97.5 Å². The van der Waals surface area contributed by atoms with Gasteiger partial charge in [-0.25, -0.2) is 0 Å². The summed E-state index contributed by atoms with van der Waals surface area (Å²) in [6.45, 7) is 16.6. The SMILES string of the molecule is C1CCOC1.CCOC(=O)CBr.CCOC(=O)CN(Cc1ccccn1)C[C@@H]1CN(C)CCC1c1ccc(Cl)cc1.CN1CCC(c2ccc(Cl)cc2)[C@H](C(=O)NCc2ccccn2)C1.CN1CCC(c2ccc(Cl)cc2)[C@H](CNCc2ccccn2)C1. The fourth-order valence-electron chi connectivity index (χ4n) is 11.6. The molecule has 19 heteroatoms. The fraction of sp³-hybridized carbons (Fsp3) is 0.478. The van der Waals surface area contributed by atoms with Crippen molar-refractivity contribution in [1.82, 2.24) is 45.2 Å². The van der Waals surface area contributed by atoms with Crippen LogP contribution in [-0.4, -0.2) is 164 Å². The molecule has 0 radical (unpaired) electrons. The van der Waals surface area contributed by atoms with Gasteiger partial charge in [0.25, 0.3) is 0 Å². The van der Waals surface area contributed by atoms with Crippen LogP contribution in [0, 0.1) is 17.8 Å². The van der Waals surface area contributed by atoms with E-state index in [-0.39, 0.29) is 36.2 Å². The second-order valence-corrected chi connectivity index (χ2v) is 24.7. The molecule has 0 saturated carbocycles. The number of alkyl halides is 1. The van der Waals surface area contributed by atoms with Gasteiger partial charge in [0.2, 0.25) is 5.91 Å². The van der Waals surface area contributed by atoms with Crippen molar-refractivity contribution in [2.45, 2.75) is 83.3 Å². The maximum absolute atomic E-state index is 12.8. The van der Waals surface area contributed by atoms with Crippen LogP contribution in [0.4, 0.5) is 0 Å². The van der Waals surface area contributed by atoms with Gasteiger partial charge < -0.3 is 39.5 Å². The molecule has 0 aliphatic carbocycles. The minimum absolute atomic E-state index is 0.0614. The summed E-state index contributed by atoms with van der Waals surface area (Å²) in [5, 5.41) is 9.22. The molecule has 6 aromatic rings. The predicted octanol–water partition coefficient (Wildman–Crippen LogP) is 12.2. The highest BCUT2D eigenvalue weighted by Crippen LogP contribution is 2.36. The van der Waals surface area contributed by atoms with E-state index in [4.69, 9.17) is 44.3 Å². The third-order valence-corrected chi connectivity index (χ3v) is 17.2. The quantitative estimate of drug-likeness (QED) is 0.0584. The van der Waals surface area contributed by atoms with Gasteiger partial charge in [0.15, 0.2) is 0 Å². The first-order valence-corrected chi connectivity index (χ1v) is 33.1. The number of rotatable bonds is 19. The van der Waals surface area contributed by atoms with Crippen LogP contribution in [0.5, 0.6) is 0 Å². The molecule has 3 aromatic carbocycles. The van der Waals surface area contributed by atoms with E-state index in [1.165, 1.54) is 36.0 Å². The molecule has 1 amide bonds. The largest absolute Gasteiger partial charge is 0.465 e. The van der Waals surface area contributed by atoms with Crippen molar-refractivity contribution >= 4 is 68.6 Å². The Kier molecular flexibility index (Phi) is 32.9. The lowest BCUT2D eigenvalue weighted by molar-refractivity contribution is -0.145. The molecule has 15 nitrogen and oxygen atoms in total. The lowest BCUT2D eigenvalue weighted by atomic mass is 9.80. The van der Waals surface area contributed by atoms with Crippen LogP contribution in [-0.2, 0) is 48.2 Å². The zero-order valence-electron chi connectivity index (χ0n) is 52.0. The first-order valence-electron chi connectivity index (χ1n) is 30.9. The number of benzene rings is 3. The molecule has 2 N–H and O–H groups in total. The van der Waals surface area contributed by atoms with Crippen molar-refractivity contribution in [2.75, 3.05) is 112 Å². The van der Waals surface area contributed by atoms with Gasteiger partial charge in [-0.2, -0.15) is 0 Å². The summed E-state index contributed by atoms with van der Waals surface area (Å²) in [4.78, 5) is 57.4. The second kappa shape index (κ2) is 40.4. The van der Waals surface area contributed by atoms with Crippen molar-refractivity contribution in [3.05, 3.63) is 195 Å². The minimum atomic E-state index is -0.206. The third-order valence-electron chi connectivity index (χ3n) is 16.0. The molecule has 7 heterocycles. The third kappa shape index (κ3) is 26.2. The monoisotopic (exact) mass is 1330 g/mol. The molecule has 4 saturated heterocycles. The summed E-state index contributed by atoms with van der Waals surface area (Å²) in [6.07, 6.45) is 11.2. The first-order chi connectivity index (χ1) is 42.7. The summed E-state index contributed by atoms with van der Waals surface area (Å²) in [5.41, 5.74) is 6.85. The van der Waals surface area contributed by atoms with Crippen molar-refractivity contribution < 1.29 is 28.6 Å². The molecular weight excluding hydrogens is 1240 g/mol. The molecule has 3 aromatic heterocycles. The number of carbonyl (C=O) groups excluding carboxylic acids is 3. The summed E-state index contributed by atoms with van der Waals surface area (Å²) in [5.74, 6) is 1.92. The van der Waals surface area contributed by atoms with E-state index in [1.807, 2.05) is 110 Å². The van der Waals surface area contributed by atoms with Gasteiger partial charge in [0.05, 0.1) is 49.3 Å². The molecule has 4 fully saturated rings. The molecule has 0 spiro atoms. The van der Waals surface area contributed by atoms with Crippen molar-refractivity contribution in [3.8, 4) is 0 Å². The Morgan fingerprint density at radius 2 is 1.02 bits per heavy atom. The highest BCUT2D eigenvalue weighted by atomic mass is 79.9. The Balaban J connectivity index is 0.000000193. The van der Waals surface area contributed by atoms with Crippen LogP contribution in [0.25, 0.3) is 0 Å². The number of ether oxygens (including phenoxy) is 3. The van der Waals surface area contributed by atoms with Crippen LogP contribution < -0.4 is 10.6 Å². The lowest BCUT2D eigenvalue weighted by Crippen LogP contribution is -2.45. The summed E-state index contributed by atoms with van der Waals surface area (Å²) in [6, 6.07) is 42.2. The number of carbonyl (C=O) groups is 3. The zero-order valence-corrected chi connectivity index (χ0v) is 55.8. The number of pyridine rings is 3. The number of likely N-dealkylation sites (tertiary alicyclic amines) is 3. The topological polar surface area (TPSA) is 155 Å². The van der Waals surface area contributed by atoms with Crippen LogP contribution in [0.2, 0.25) is 15.1 Å². The number of esters is 2. The molecule has 0 bridgehead atoms. The molecule has 10 rings (SSSR count). The van der Waals surface area contributed by atoms with E-state index in [9.17, 15) is 14.4 Å². The zero-order chi connectivity index (χ0) is 62.9. The normalized spacial score (nSPS) is 20.2. The number of halogens is 4. The Morgan fingerprint density at radius 3 is 1.48 bits per heavy atom. The molecule has 3 unspecified atom stereocenters. The number of piperidine rings is 3. The number of aromatic nitrogens is 3. The summed E-state index contributed by atoms with van der Waals surface area (Å²) >= 11 is 21.1. The number of hydrogen-bond acceptors (Lipinski definition) is 14. The van der Waals surface area contributed by atoms with Crippen molar-refractivity contribution in [3.63, 3.8) is 0 Å². The Morgan fingerprint density at radius 1 is 0.580 bits per heavy atom. The van der Waals surface area contributed by atoms with Gasteiger partial charge in [-0.15, -0.1) is 0 Å². The molecule has 4 aliphatic rings. The smallest absolute Gasteiger partial charge is 0.320 e. The van der Waals surface area contributed by atoms with E-state index in [2.05, 4.69) is 117 Å². The van der Waals surface area contributed by atoms with Crippen LogP contribution in [0.3, 0.4) is 0 Å². The Hall–Kier alpha value is -5.37. The standard InChI is InChI=1S/C23H30ClN3O2.C19H22ClN3O.C19H24ClN3.C4H7BrO2.C4H8O/c1-3-29-23(28)17-27(16-21-6-4-5-12-25-21)15-19-14-26(2)13-11-22(19)18-7-9-20(24)10-8-18;1-23-11-9-17(14-5-7-15(20)8-6-14)18(13-23)19(24)22-12-16-4-2-3-10-21-16;1-23-11-9-19(15-5-7-17(20)8-6-15)16(14-23)12-21-13-18-4-2-3-10-22-18;1-2-7-4(6)3-5;1-2-4-5-3-1/h4-10,12,19,22H,3,11,13-17H2,1-2H3;2-8,10,17-18H,9,11-13H2,1H3,(H,22,24);2-8,10,16,19,21H,9,11-14H2,1H3;2-3H2,1H3;1-4H2/t19-,22?;17?,18-;16-,19?;;/m011../s1. The maximum atomic E-state index is 12.8. The van der Waals surface area contributed by atoms with Gasteiger partial charge in [0, 0.05) is 92.7 Å². The Labute approximate surface area is 546 Å². The fourth-order valence-corrected chi connectivity index (χ4v) is 12.2. The van der Waals surface area contributed by atoms with Gasteiger partial charge in [-0.3, -0.25) is 34.2 Å². The van der Waals surface area contributed by atoms with E-state index >= 15 is 0 Å². The van der Waals surface area contributed by atoms with E-state index in [0.29, 0.717) is 55.3 Å². The minimum Gasteiger partial charge on any atom is -0.465 e. The second-order valence-electron chi connectivity index (χ2n) is 22.8. The molecule has 4 aliphatic heterocycles. The summed E-state index contributed by atoms with van der Waals surface area (Å²) in [7, 11) is 6.44. The lowest BCUT2D eigenvalue weighted by Gasteiger charge is -2.39. The number of nitrogens with one attached hydrogen (secondary N) is 2. The molecule has 476 valence electrons. The van der Waals surface area contributed by atoms with Crippen molar-refractivity contribution in [2.24, 2.45) is 17.8 Å². The number of amides is 1. The van der Waals surface area contributed by atoms with Crippen molar-refractivity contribution in [1.29, 1.82) is 0 Å². The number of hydrogen-bond donors (Lipinski definition) is 2. The van der Waals surface area contributed by atoms with Crippen LogP contribution in [0.15, 0.2) is 146 Å². The van der Waals surface area contributed by atoms with Gasteiger partial charge in [-0.1, -0.05) is 105 Å². The van der Waals surface area contributed by atoms with Gasteiger partial charge >= 0.3 is 11.9 Å². The van der Waals surface area contributed by atoms with E-state index < -0.39 is 0 Å². The van der Waals surface area contributed by atoms with E-state index in [1.54, 1.807) is 19.3 Å². The number of nitrogens with zero attached hydrogens (tertiary/aromatic N) is 7. The average Bonchev–Trinajstić information content (AvgIpc) is 4.17. The van der Waals surface area contributed by atoms with Gasteiger partial charge in [0.1, 0.15) is 5.33 Å². The Bertz CT molecular complexity index is 2880. The highest BCUT2D eigenvalue weighted by molar-refractivity contribution is 9.09. The molecule has 6 atom stereocenters. The van der Waals surface area contributed by atoms with E-state index in [0.717, 1.165) is 117 Å². The predicted molar refractivity (Wildman–Crippen MR) is 358 cm³/mol.